The molecule has 13 heavy (non-hydrogen) atoms. The highest BCUT2D eigenvalue weighted by Crippen LogP contribution is 2.17. The van der Waals surface area contributed by atoms with Gasteiger partial charge in [0.1, 0.15) is 0 Å². The first kappa shape index (κ1) is 10.2. The molecule has 72 valence electrons. The minimum atomic E-state index is -0.539. The molecule has 0 aromatic carbocycles. The SMILES string of the molecule is Cc1ccc([C@H](N)[C@H](C)O)c(C)n1. The molecule has 3 nitrogen and oxygen atoms in total. The van der Waals surface area contributed by atoms with E-state index in [1.165, 1.54) is 0 Å². The van der Waals surface area contributed by atoms with Crippen molar-refractivity contribution in [3.05, 3.63) is 29.1 Å². The summed E-state index contributed by atoms with van der Waals surface area (Å²) in [4.78, 5) is 4.29. The van der Waals surface area contributed by atoms with Crippen LogP contribution in [-0.2, 0) is 0 Å². The summed E-state index contributed by atoms with van der Waals surface area (Å²) < 4.78 is 0. The summed E-state index contributed by atoms with van der Waals surface area (Å²) in [5.74, 6) is 0. The van der Waals surface area contributed by atoms with E-state index in [0.717, 1.165) is 17.0 Å². The summed E-state index contributed by atoms with van der Waals surface area (Å²) in [7, 11) is 0. The Kier molecular flexibility index (Phi) is 3.01. The van der Waals surface area contributed by atoms with Gasteiger partial charge in [0.15, 0.2) is 0 Å². The summed E-state index contributed by atoms with van der Waals surface area (Å²) in [6.07, 6.45) is -0.539. The molecule has 0 spiro atoms. The van der Waals surface area contributed by atoms with Crippen LogP contribution in [-0.4, -0.2) is 16.2 Å². The number of aliphatic hydroxyl groups is 1. The number of rotatable bonds is 2. The van der Waals surface area contributed by atoms with Crippen molar-refractivity contribution >= 4 is 0 Å². The van der Waals surface area contributed by atoms with E-state index < -0.39 is 6.10 Å². The van der Waals surface area contributed by atoms with Gasteiger partial charge in [-0.3, -0.25) is 4.98 Å². The maximum Gasteiger partial charge on any atom is 0.0705 e. The Labute approximate surface area is 78.6 Å². The number of hydrogen-bond donors (Lipinski definition) is 2. The number of aryl methyl sites for hydroxylation is 2. The Morgan fingerprint density at radius 3 is 2.46 bits per heavy atom. The summed E-state index contributed by atoms with van der Waals surface area (Å²) in [5, 5.41) is 9.32. The lowest BCUT2D eigenvalue weighted by Gasteiger charge is -2.16. The van der Waals surface area contributed by atoms with E-state index in [9.17, 15) is 5.11 Å². The molecule has 0 amide bonds. The van der Waals surface area contributed by atoms with Crippen LogP contribution in [0.4, 0.5) is 0 Å². The summed E-state index contributed by atoms with van der Waals surface area (Å²) >= 11 is 0. The fourth-order valence-corrected chi connectivity index (χ4v) is 1.31. The molecule has 0 radical (unpaired) electrons. The van der Waals surface area contributed by atoms with Crippen molar-refractivity contribution in [1.82, 2.24) is 4.98 Å². The van der Waals surface area contributed by atoms with Crippen molar-refractivity contribution in [3.8, 4) is 0 Å². The Morgan fingerprint density at radius 1 is 1.38 bits per heavy atom. The molecule has 0 bridgehead atoms. The van der Waals surface area contributed by atoms with Crippen LogP contribution < -0.4 is 5.73 Å². The van der Waals surface area contributed by atoms with E-state index in [-0.39, 0.29) is 6.04 Å². The summed E-state index contributed by atoms with van der Waals surface area (Å²) in [6, 6.07) is 3.49. The van der Waals surface area contributed by atoms with Crippen LogP contribution in [0.5, 0.6) is 0 Å². The molecule has 1 rings (SSSR count). The first-order valence-corrected chi connectivity index (χ1v) is 4.40. The molecule has 1 aromatic heterocycles. The van der Waals surface area contributed by atoms with Gasteiger partial charge in [-0.1, -0.05) is 6.07 Å². The summed E-state index contributed by atoms with van der Waals surface area (Å²) in [5.41, 5.74) is 8.58. The highest BCUT2D eigenvalue weighted by molar-refractivity contribution is 5.25. The predicted octanol–water partition coefficient (Wildman–Crippen LogP) is 1.08. The lowest BCUT2D eigenvalue weighted by molar-refractivity contribution is 0.164. The Bertz CT molecular complexity index is 297. The topological polar surface area (TPSA) is 59.1 Å². The van der Waals surface area contributed by atoms with E-state index in [1.807, 2.05) is 26.0 Å². The zero-order valence-corrected chi connectivity index (χ0v) is 8.28. The predicted molar refractivity (Wildman–Crippen MR) is 52.3 cm³/mol. The van der Waals surface area contributed by atoms with Gasteiger partial charge in [-0.05, 0) is 32.4 Å². The zero-order chi connectivity index (χ0) is 10.0. The highest BCUT2D eigenvalue weighted by atomic mass is 16.3. The molecule has 0 aliphatic heterocycles. The van der Waals surface area contributed by atoms with Crippen LogP contribution in [0.1, 0.15) is 29.9 Å². The Hall–Kier alpha value is -0.930. The van der Waals surface area contributed by atoms with Crippen molar-refractivity contribution in [3.63, 3.8) is 0 Å². The molecule has 0 saturated heterocycles. The van der Waals surface area contributed by atoms with Gasteiger partial charge in [-0.15, -0.1) is 0 Å². The van der Waals surface area contributed by atoms with Crippen LogP contribution in [0, 0.1) is 13.8 Å². The minimum Gasteiger partial charge on any atom is -0.391 e. The van der Waals surface area contributed by atoms with E-state index in [2.05, 4.69) is 4.98 Å². The van der Waals surface area contributed by atoms with E-state index in [1.54, 1.807) is 6.92 Å². The van der Waals surface area contributed by atoms with Crippen molar-refractivity contribution < 1.29 is 5.11 Å². The van der Waals surface area contributed by atoms with Crippen molar-refractivity contribution in [2.24, 2.45) is 5.73 Å². The van der Waals surface area contributed by atoms with Crippen LogP contribution in [0.15, 0.2) is 12.1 Å². The molecule has 0 aliphatic rings. The monoisotopic (exact) mass is 180 g/mol. The number of nitrogens with zero attached hydrogens (tertiary/aromatic N) is 1. The average Bonchev–Trinajstić information content (AvgIpc) is 2.03. The van der Waals surface area contributed by atoms with Gasteiger partial charge in [0.25, 0.3) is 0 Å². The van der Waals surface area contributed by atoms with Gasteiger partial charge >= 0.3 is 0 Å². The number of aliphatic hydroxyl groups excluding tert-OH is 1. The van der Waals surface area contributed by atoms with E-state index >= 15 is 0 Å². The molecule has 2 atom stereocenters. The fourth-order valence-electron chi connectivity index (χ4n) is 1.31. The maximum atomic E-state index is 9.32. The quantitative estimate of drug-likeness (QED) is 0.716. The van der Waals surface area contributed by atoms with Crippen molar-refractivity contribution in [1.29, 1.82) is 0 Å². The molecular formula is C10H16N2O. The normalized spacial score (nSPS) is 15.5. The zero-order valence-electron chi connectivity index (χ0n) is 8.28. The molecule has 1 heterocycles. The van der Waals surface area contributed by atoms with Crippen LogP contribution >= 0.6 is 0 Å². The van der Waals surface area contributed by atoms with E-state index in [4.69, 9.17) is 5.73 Å². The first-order valence-electron chi connectivity index (χ1n) is 4.40. The second kappa shape index (κ2) is 3.85. The fraction of sp³-hybridized carbons (Fsp3) is 0.500. The summed E-state index contributed by atoms with van der Waals surface area (Å²) in [6.45, 7) is 5.53. The number of aromatic nitrogens is 1. The van der Waals surface area contributed by atoms with Gasteiger partial charge in [0, 0.05) is 11.4 Å². The number of pyridine rings is 1. The molecule has 1 aromatic rings. The maximum absolute atomic E-state index is 9.32. The van der Waals surface area contributed by atoms with E-state index in [0.29, 0.717) is 0 Å². The molecule has 3 heteroatoms. The first-order chi connectivity index (χ1) is 6.02. The van der Waals surface area contributed by atoms with Gasteiger partial charge < -0.3 is 10.8 Å². The average molecular weight is 180 g/mol. The van der Waals surface area contributed by atoms with Gasteiger partial charge in [-0.25, -0.2) is 0 Å². The van der Waals surface area contributed by atoms with Crippen LogP contribution in [0.2, 0.25) is 0 Å². The van der Waals surface area contributed by atoms with Crippen LogP contribution in [0.3, 0.4) is 0 Å². The molecule has 3 N–H and O–H groups in total. The molecule has 0 aliphatic carbocycles. The van der Waals surface area contributed by atoms with Gasteiger partial charge in [-0.2, -0.15) is 0 Å². The second-order valence-electron chi connectivity index (χ2n) is 3.39. The van der Waals surface area contributed by atoms with Gasteiger partial charge in [0.2, 0.25) is 0 Å². The van der Waals surface area contributed by atoms with Gasteiger partial charge in [0.05, 0.1) is 12.1 Å². The lowest BCUT2D eigenvalue weighted by atomic mass is 10.0. The Balaban J connectivity index is 3.01. The third-order valence-electron chi connectivity index (χ3n) is 2.14. The number of nitrogens with two attached hydrogens (primary N) is 1. The standard InChI is InChI=1S/C10H16N2O/c1-6-4-5-9(7(2)12-6)10(11)8(3)13/h4-5,8,10,13H,11H2,1-3H3/t8-,10+/m0/s1. The third kappa shape index (κ3) is 2.26. The second-order valence-corrected chi connectivity index (χ2v) is 3.39. The third-order valence-corrected chi connectivity index (χ3v) is 2.14. The lowest BCUT2D eigenvalue weighted by Crippen LogP contribution is -2.24. The molecule has 0 fully saturated rings. The van der Waals surface area contributed by atoms with Crippen molar-refractivity contribution in [2.75, 3.05) is 0 Å². The largest absolute Gasteiger partial charge is 0.391 e. The van der Waals surface area contributed by atoms with Crippen LogP contribution in [0.25, 0.3) is 0 Å². The molecule has 0 unspecified atom stereocenters. The molecule has 0 saturated carbocycles. The number of hydrogen-bond acceptors (Lipinski definition) is 3. The highest BCUT2D eigenvalue weighted by Gasteiger charge is 2.14. The van der Waals surface area contributed by atoms with Crippen molar-refractivity contribution in [2.45, 2.75) is 32.9 Å². The Morgan fingerprint density at radius 2 is 2.00 bits per heavy atom. The minimum absolute atomic E-state index is 0.340. The smallest absolute Gasteiger partial charge is 0.0705 e. The molecular weight excluding hydrogens is 164 g/mol.